The minimum Gasteiger partial charge on any atom is -0.240 e. The van der Waals surface area contributed by atoms with E-state index in [0.717, 1.165) is 0 Å². The van der Waals surface area contributed by atoms with Gasteiger partial charge in [-0.2, -0.15) is 0 Å². The summed E-state index contributed by atoms with van der Waals surface area (Å²) >= 11 is 0. The van der Waals surface area contributed by atoms with E-state index < -0.39 is 5.41 Å². The van der Waals surface area contributed by atoms with E-state index in [4.69, 9.17) is 0 Å². The molecule has 0 saturated heterocycles. The Labute approximate surface area is 39.9 Å². The van der Waals surface area contributed by atoms with E-state index in [-0.39, 0.29) is 0 Å². The Morgan fingerprint density at radius 3 is 1.67 bits per heavy atom. The summed E-state index contributed by atoms with van der Waals surface area (Å²) in [5, 5.41) is -0.931. The number of hydrogen-bond acceptors (Lipinski definition) is 0. The molecule has 0 aromatic carbocycles. The van der Waals surface area contributed by atoms with Crippen LogP contribution in [0.1, 0.15) is 13.8 Å². The highest BCUT2D eigenvalue weighted by atomic mass is 31.1. The topological polar surface area (TPSA) is 0 Å². The predicted octanol–water partition coefficient (Wildman–Crippen LogP) is 2.00. The molecule has 0 saturated carbocycles. The van der Waals surface area contributed by atoms with Crippen LogP contribution < -0.4 is 0 Å². The average molecular weight is 108 g/mol. The molecule has 6 heavy (non-hydrogen) atoms. The summed E-state index contributed by atoms with van der Waals surface area (Å²) in [6.45, 7) is 5.04. The third-order valence-corrected chi connectivity index (χ3v) is 1.78. The molecule has 0 bridgehead atoms. The normalized spacial score (nSPS) is 14.0. The zero-order valence-electron chi connectivity index (χ0n) is 4.38. The highest BCUT2D eigenvalue weighted by molar-refractivity contribution is 7.38. The zero-order valence-corrected chi connectivity index (χ0v) is 5.38. The maximum absolute atomic E-state index is 12.1. The largest absolute Gasteiger partial charge is 0.240 e. The Kier molecular flexibility index (Phi) is 1.99. The summed E-state index contributed by atoms with van der Waals surface area (Å²) in [7, 11) is 0.400. The molecule has 0 radical (unpaired) electrons. The van der Waals surface area contributed by atoms with Crippen molar-refractivity contribution in [3.05, 3.63) is 0 Å². The Morgan fingerprint density at radius 2 is 1.67 bits per heavy atom. The van der Waals surface area contributed by atoms with Gasteiger partial charge in [-0.05, 0) is 20.5 Å². The van der Waals surface area contributed by atoms with E-state index in [1.807, 2.05) is 6.66 Å². The van der Waals surface area contributed by atoms with E-state index >= 15 is 0 Å². The summed E-state index contributed by atoms with van der Waals surface area (Å²) in [6, 6.07) is 0. The lowest BCUT2D eigenvalue weighted by Gasteiger charge is -2.07. The van der Waals surface area contributed by atoms with Crippen molar-refractivity contribution in [2.75, 3.05) is 6.66 Å². The summed E-state index contributed by atoms with van der Waals surface area (Å²) in [6.07, 6.45) is 0. The monoisotopic (exact) mass is 108 g/mol. The lowest BCUT2D eigenvalue weighted by molar-refractivity contribution is 0.342. The molecule has 2 heteroatoms. The van der Waals surface area contributed by atoms with Gasteiger partial charge in [-0.15, -0.1) is 0 Å². The van der Waals surface area contributed by atoms with Crippen LogP contribution in [0, 0.1) is 0 Å². The summed E-state index contributed by atoms with van der Waals surface area (Å²) in [5.41, 5.74) is 0. The molecule has 0 N–H and O–H groups in total. The fourth-order valence-corrected chi connectivity index (χ4v) is 0. The minimum atomic E-state index is -0.931. The van der Waals surface area contributed by atoms with Gasteiger partial charge in [0, 0.05) is 0 Å². The summed E-state index contributed by atoms with van der Waals surface area (Å²) < 4.78 is 12.1. The van der Waals surface area contributed by atoms with Crippen LogP contribution in [0.3, 0.4) is 0 Å². The second kappa shape index (κ2) is 1.88. The van der Waals surface area contributed by atoms with Gasteiger partial charge >= 0.3 is 0 Å². The van der Waals surface area contributed by atoms with E-state index in [1.54, 1.807) is 13.8 Å². The molecular weight excluding hydrogens is 98.0 g/mol. The van der Waals surface area contributed by atoms with Crippen molar-refractivity contribution < 1.29 is 4.39 Å². The van der Waals surface area contributed by atoms with E-state index in [0.29, 0.717) is 8.58 Å². The molecule has 0 aromatic rings. The smallest absolute Gasteiger partial charge is 0.120 e. The molecular formula is C4H10FP. The molecule has 0 fully saturated rings. The Balaban J connectivity index is 3.17. The predicted molar refractivity (Wildman–Crippen MR) is 29.4 cm³/mol. The number of rotatable bonds is 1. The third-order valence-electron chi connectivity index (χ3n) is 0.594. The number of halogens is 1. The minimum absolute atomic E-state index is 0.400. The quantitative estimate of drug-likeness (QED) is 0.450. The van der Waals surface area contributed by atoms with E-state index in [1.165, 1.54) is 0 Å². The van der Waals surface area contributed by atoms with Crippen LogP contribution in [0.15, 0.2) is 0 Å². The van der Waals surface area contributed by atoms with Crippen LogP contribution >= 0.6 is 8.58 Å². The molecule has 0 nitrogen and oxygen atoms in total. The number of hydrogen-bond donors (Lipinski definition) is 0. The van der Waals surface area contributed by atoms with Crippen LogP contribution in [0.4, 0.5) is 4.39 Å². The van der Waals surface area contributed by atoms with Gasteiger partial charge in [-0.25, -0.2) is 4.39 Å². The maximum Gasteiger partial charge on any atom is 0.120 e. The van der Waals surface area contributed by atoms with Crippen LogP contribution in [-0.4, -0.2) is 12.1 Å². The lowest BCUT2D eigenvalue weighted by Crippen LogP contribution is -1.99. The van der Waals surface area contributed by atoms with Crippen LogP contribution in [0.25, 0.3) is 0 Å². The first-order valence-corrected chi connectivity index (χ1v) is 3.44. The van der Waals surface area contributed by atoms with Gasteiger partial charge in [0.15, 0.2) is 0 Å². The molecule has 38 valence electrons. The molecule has 1 atom stereocenters. The second-order valence-corrected chi connectivity index (χ2v) is 3.41. The Bertz CT molecular complexity index is 37.3. The van der Waals surface area contributed by atoms with E-state index in [2.05, 4.69) is 0 Å². The van der Waals surface area contributed by atoms with Gasteiger partial charge in [0.2, 0.25) is 0 Å². The fraction of sp³-hybridized carbons (Fsp3) is 1.00. The molecule has 0 aliphatic rings. The van der Waals surface area contributed by atoms with Gasteiger partial charge in [-0.3, -0.25) is 0 Å². The molecule has 0 aliphatic carbocycles. The van der Waals surface area contributed by atoms with Crippen molar-refractivity contribution in [1.82, 2.24) is 0 Å². The van der Waals surface area contributed by atoms with Gasteiger partial charge in [0.05, 0.1) is 0 Å². The standard InChI is InChI=1S/C4H10FP/c1-4(2,5)6-3/h6H,1-3H3. The highest BCUT2D eigenvalue weighted by Gasteiger charge is 2.09. The van der Waals surface area contributed by atoms with Crippen LogP contribution in [-0.2, 0) is 0 Å². The Morgan fingerprint density at radius 1 is 1.50 bits per heavy atom. The van der Waals surface area contributed by atoms with Crippen LogP contribution in [0.2, 0.25) is 0 Å². The first kappa shape index (κ1) is 6.36. The third kappa shape index (κ3) is 4.36. The molecule has 0 aromatic heterocycles. The van der Waals surface area contributed by atoms with Crippen LogP contribution in [0.5, 0.6) is 0 Å². The molecule has 1 unspecified atom stereocenters. The second-order valence-electron chi connectivity index (χ2n) is 1.72. The van der Waals surface area contributed by atoms with Crippen molar-refractivity contribution >= 4 is 8.58 Å². The SMILES string of the molecule is CPC(C)(C)F. The Hall–Kier alpha value is 0.360. The van der Waals surface area contributed by atoms with Gasteiger partial charge < -0.3 is 0 Å². The summed E-state index contributed by atoms with van der Waals surface area (Å²) in [4.78, 5) is 0. The summed E-state index contributed by atoms with van der Waals surface area (Å²) in [5.74, 6) is 0. The number of alkyl halides is 1. The zero-order chi connectivity index (χ0) is 5.21. The van der Waals surface area contributed by atoms with Gasteiger partial charge in [0.1, 0.15) is 5.41 Å². The van der Waals surface area contributed by atoms with Crippen molar-refractivity contribution in [2.24, 2.45) is 0 Å². The van der Waals surface area contributed by atoms with Crippen molar-refractivity contribution in [1.29, 1.82) is 0 Å². The molecule has 0 heterocycles. The van der Waals surface area contributed by atoms with Crippen molar-refractivity contribution in [2.45, 2.75) is 19.3 Å². The average Bonchev–Trinajstić information content (AvgIpc) is 1.35. The fourth-order valence-electron chi connectivity index (χ4n) is 0. The van der Waals surface area contributed by atoms with Crippen molar-refractivity contribution in [3.8, 4) is 0 Å². The lowest BCUT2D eigenvalue weighted by atomic mass is 10.5. The van der Waals surface area contributed by atoms with Crippen molar-refractivity contribution in [3.63, 3.8) is 0 Å². The molecule has 0 amide bonds. The van der Waals surface area contributed by atoms with Gasteiger partial charge in [0.25, 0.3) is 0 Å². The first-order chi connectivity index (χ1) is 2.56. The molecule has 0 aliphatic heterocycles. The molecule has 0 spiro atoms. The maximum atomic E-state index is 12.1. The van der Waals surface area contributed by atoms with E-state index in [9.17, 15) is 4.39 Å². The first-order valence-electron chi connectivity index (χ1n) is 1.94. The molecule has 0 rings (SSSR count). The van der Waals surface area contributed by atoms with Gasteiger partial charge in [-0.1, -0.05) is 8.58 Å². The highest BCUT2D eigenvalue weighted by Crippen LogP contribution is 2.27.